The molecule has 1 aliphatic heterocycles. The van der Waals surface area contributed by atoms with Crippen molar-refractivity contribution in [2.45, 2.75) is 39.2 Å². The van der Waals surface area contributed by atoms with Crippen LogP contribution in [-0.4, -0.2) is 16.7 Å². The van der Waals surface area contributed by atoms with Gasteiger partial charge >= 0.3 is 0 Å². The molecule has 2 aromatic carbocycles. The van der Waals surface area contributed by atoms with Gasteiger partial charge in [0.25, 0.3) is 0 Å². The molecule has 0 unspecified atom stereocenters. The number of rotatable bonds is 4. The van der Waals surface area contributed by atoms with E-state index in [0.29, 0.717) is 5.92 Å². The van der Waals surface area contributed by atoms with Gasteiger partial charge in [0.15, 0.2) is 0 Å². The smallest absolute Gasteiger partial charge is 0.0565 e. The molecule has 1 N–H and O–H groups in total. The highest BCUT2D eigenvalue weighted by Crippen LogP contribution is 2.32. The predicted octanol–water partition coefficient (Wildman–Crippen LogP) is 5.15. The Labute approximate surface area is 149 Å². The molecule has 3 heteroatoms. The van der Waals surface area contributed by atoms with Crippen molar-refractivity contribution in [1.82, 2.24) is 10.2 Å². The summed E-state index contributed by atoms with van der Waals surface area (Å²) in [7, 11) is 0. The fourth-order valence-electron chi connectivity index (χ4n) is 3.66. The molecule has 0 fully saturated rings. The Bertz CT molecular complexity index is 832. The second-order valence-corrected chi connectivity index (χ2v) is 7.25. The van der Waals surface area contributed by atoms with Gasteiger partial charge in [-0.2, -0.15) is 5.10 Å². The number of fused-ring (bicyclic) bond motifs is 1. The molecule has 0 saturated heterocycles. The standard InChI is InChI=1S/C22H25N3/c1-16(2)18-7-5-17(6-8-18)15-25-11-3-4-20-12-19(9-10-22(20)25)21-13-23-24-14-21/h5-10,12-14,16H,3-4,11,15H2,1-2H3,(H,23,24). The van der Waals surface area contributed by atoms with E-state index in [1.807, 2.05) is 12.4 Å². The molecule has 4 rings (SSSR count). The van der Waals surface area contributed by atoms with Crippen LogP contribution in [0, 0.1) is 0 Å². The van der Waals surface area contributed by atoms with Gasteiger partial charge in [-0.05, 0) is 53.1 Å². The Morgan fingerprint density at radius 2 is 1.92 bits per heavy atom. The first-order chi connectivity index (χ1) is 12.2. The van der Waals surface area contributed by atoms with Crippen LogP contribution in [-0.2, 0) is 13.0 Å². The lowest BCUT2D eigenvalue weighted by molar-refractivity contribution is 0.691. The van der Waals surface area contributed by atoms with E-state index >= 15 is 0 Å². The summed E-state index contributed by atoms with van der Waals surface area (Å²) in [6.07, 6.45) is 6.22. The normalized spacial score (nSPS) is 14.0. The number of hydrogen-bond acceptors (Lipinski definition) is 2. The van der Waals surface area contributed by atoms with Crippen LogP contribution in [0.25, 0.3) is 11.1 Å². The van der Waals surface area contributed by atoms with Gasteiger partial charge in [0.2, 0.25) is 0 Å². The minimum atomic E-state index is 0.589. The molecule has 2 heterocycles. The van der Waals surface area contributed by atoms with Crippen molar-refractivity contribution in [3.8, 4) is 11.1 Å². The molecule has 0 atom stereocenters. The summed E-state index contributed by atoms with van der Waals surface area (Å²) >= 11 is 0. The second-order valence-electron chi connectivity index (χ2n) is 7.25. The summed E-state index contributed by atoms with van der Waals surface area (Å²) in [6.45, 7) is 6.60. The highest BCUT2D eigenvalue weighted by Gasteiger charge is 2.18. The van der Waals surface area contributed by atoms with Gasteiger partial charge in [0.1, 0.15) is 0 Å². The third-order valence-electron chi connectivity index (χ3n) is 5.15. The number of aryl methyl sites for hydroxylation is 1. The molecule has 3 nitrogen and oxygen atoms in total. The number of benzene rings is 2. The van der Waals surface area contributed by atoms with Crippen molar-refractivity contribution in [2.75, 3.05) is 11.4 Å². The fraction of sp³-hybridized carbons (Fsp3) is 0.318. The minimum Gasteiger partial charge on any atom is -0.367 e. The lowest BCUT2D eigenvalue weighted by atomic mass is 9.96. The average Bonchev–Trinajstić information content (AvgIpc) is 3.17. The predicted molar refractivity (Wildman–Crippen MR) is 104 cm³/mol. The van der Waals surface area contributed by atoms with E-state index in [1.54, 1.807) is 0 Å². The zero-order valence-electron chi connectivity index (χ0n) is 15.0. The number of aromatic nitrogens is 2. The van der Waals surface area contributed by atoms with E-state index in [0.717, 1.165) is 25.1 Å². The van der Waals surface area contributed by atoms with Crippen LogP contribution in [0.15, 0.2) is 54.9 Å². The lowest BCUT2D eigenvalue weighted by Crippen LogP contribution is -2.28. The molecule has 0 saturated carbocycles. The van der Waals surface area contributed by atoms with E-state index in [9.17, 15) is 0 Å². The molecule has 0 amide bonds. The summed E-state index contributed by atoms with van der Waals surface area (Å²) in [4.78, 5) is 2.52. The van der Waals surface area contributed by atoms with E-state index in [2.05, 4.69) is 71.4 Å². The van der Waals surface area contributed by atoms with Gasteiger partial charge in [0.05, 0.1) is 6.20 Å². The van der Waals surface area contributed by atoms with Crippen molar-refractivity contribution in [3.63, 3.8) is 0 Å². The van der Waals surface area contributed by atoms with Crippen LogP contribution in [0.5, 0.6) is 0 Å². The van der Waals surface area contributed by atoms with Crippen LogP contribution >= 0.6 is 0 Å². The highest BCUT2D eigenvalue weighted by molar-refractivity contribution is 5.68. The largest absolute Gasteiger partial charge is 0.367 e. The molecule has 0 radical (unpaired) electrons. The van der Waals surface area contributed by atoms with Crippen LogP contribution in [0.1, 0.15) is 42.9 Å². The molecular formula is C22H25N3. The zero-order valence-corrected chi connectivity index (χ0v) is 15.0. The highest BCUT2D eigenvalue weighted by atomic mass is 15.1. The second kappa shape index (κ2) is 6.75. The number of hydrogen-bond donors (Lipinski definition) is 1. The maximum Gasteiger partial charge on any atom is 0.0565 e. The van der Waals surface area contributed by atoms with Gasteiger partial charge in [-0.3, -0.25) is 5.10 Å². The SMILES string of the molecule is CC(C)c1ccc(CN2CCCc3cc(-c4cn[nH]c4)ccc32)cc1. The van der Waals surface area contributed by atoms with Crippen LogP contribution in [0.4, 0.5) is 5.69 Å². The molecule has 1 aliphatic rings. The molecule has 0 aliphatic carbocycles. The topological polar surface area (TPSA) is 31.9 Å². The lowest BCUT2D eigenvalue weighted by Gasteiger charge is -2.32. The van der Waals surface area contributed by atoms with E-state index < -0.39 is 0 Å². The van der Waals surface area contributed by atoms with Crippen LogP contribution < -0.4 is 4.90 Å². The van der Waals surface area contributed by atoms with Gasteiger partial charge in [0, 0.05) is 30.5 Å². The van der Waals surface area contributed by atoms with Gasteiger partial charge in [-0.15, -0.1) is 0 Å². The van der Waals surface area contributed by atoms with Crippen molar-refractivity contribution in [1.29, 1.82) is 0 Å². The number of aromatic amines is 1. The first-order valence-corrected chi connectivity index (χ1v) is 9.16. The maximum absolute atomic E-state index is 4.07. The zero-order chi connectivity index (χ0) is 17.2. The van der Waals surface area contributed by atoms with Gasteiger partial charge < -0.3 is 4.90 Å². The van der Waals surface area contributed by atoms with E-state index in [1.165, 1.54) is 34.4 Å². The molecule has 0 bridgehead atoms. The minimum absolute atomic E-state index is 0.589. The van der Waals surface area contributed by atoms with Crippen molar-refractivity contribution in [3.05, 3.63) is 71.5 Å². The summed E-state index contributed by atoms with van der Waals surface area (Å²) in [5, 5.41) is 6.97. The molecule has 0 spiro atoms. The fourth-order valence-corrected chi connectivity index (χ4v) is 3.66. The first kappa shape index (κ1) is 15.9. The monoisotopic (exact) mass is 331 g/mol. The molecule has 128 valence electrons. The van der Waals surface area contributed by atoms with Crippen LogP contribution in [0.3, 0.4) is 0 Å². The van der Waals surface area contributed by atoms with E-state index in [-0.39, 0.29) is 0 Å². The molecule has 25 heavy (non-hydrogen) atoms. The third-order valence-corrected chi connectivity index (χ3v) is 5.15. The van der Waals surface area contributed by atoms with Gasteiger partial charge in [-0.25, -0.2) is 0 Å². The number of anilines is 1. The average molecular weight is 331 g/mol. The summed E-state index contributed by atoms with van der Waals surface area (Å²) in [5.74, 6) is 0.589. The Balaban J connectivity index is 1.57. The van der Waals surface area contributed by atoms with Crippen LogP contribution in [0.2, 0.25) is 0 Å². The summed E-state index contributed by atoms with van der Waals surface area (Å²) in [6, 6.07) is 15.9. The van der Waals surface area contributed by atoms with Crippen molar-refractivity contribution in [2.24, 2.45) is 0 Å². The quantitative estimate of drug-likeness (QED) is 0.716. The van der Waals surface area contributed by atoms with Crippen molar-refractivity contribution >= 4 is 5.69 Å². The summed E-state index contributed by atoms with van der Waals surface area (Å²) in [5.41, 5.74) is 8.03. The Hall–Kier alpha value is -2.55. The molecule has 1 aromatic heterocycles. The third kappa shape index (κ3) is 3.32. The Morgan fingerprint density at radius 1 is 1.08 bits per heavy atom. The van der Waals surface area contributed by atoms with Gasteiger partial charge in [-0.1, -0.05) is 44.2 Å². The Kier molecular flexibility index (Phi) is 4.31. The number of nitrogens with one attached hydrogen (secondary N) is 1. The maximum atomic E-state index is 4.07. The first-order valence-electron chi connectivity index (χ1n) is 9.16. The number of nitrogens with zero attached hydrogens (tertiary/aromatic N) is 2. The molecular weight excluding hydrogens is 306 g/mol. The number of H-pyrrole nitrogens is 1. The summed E-state index contributed by atoms with van der Waals surface area (Å²) < 4.78 is 0. The Morgan fingerprint density at radius 3 is 2.64 bits per heavy atom. The van der Waals surface area contributed by atoms with Crippen molar-refractivity contribution < 1.29 is 0 Å². The molecule has 3 aromatic rings. The van der Waals surface area contributed by atoms with E-state index in [4.69, 9.17) is 0 Å².